The maximum Gasteiger partial charge on any atom is 0.418 e. The molecule has 1 N–H and O–H groups in total. The van der Waals surface area contributed by atoms with E-state index in [-0.39, 0.29) is 5.69 Å². The third-order valence-corrected chi connectivity index (χ3v) is 3.87. The van der Waals surface area contributed by atoms with Gasteiger partial charge in [0.15, 0.2) is 0 Å². The molecule has 2 nitrogen and oxygen atoms in total. The predicted molar refractivity (Wildman–Crippen MR) is 82.2 cm³/mol. The van der Waals surface area contributed by atoms with Crippen LogP contribution in [0.5, 0.6) is 0 Å². The van der Waals surface area contributed by atoms with Crippen LogP contribution < -0.4 is 5.32 Å². The molecule has 0 aliphatic carbocycles. The first-order valence-corrected chi connectivity index (χ1v) is 7.61. The molecule has 0 aliphatic heterocycles. The molecule has 2 rings (SSSR count). The second kappa shape index (κ2) is 6.87. The van der Waals surface area contributed by atoms with Crippen LogP contribution in [0.1, 0.15) is 22.8 Å². The molecule has 0 atom stereocenters. The monoisotopic (exact) mass is 325 g/mol. The fraction of sp³-hybridized carbons (Fsp3) is 0.188. The average molecular weight is 325 g/mol. The van der Waals surface area contributed by atoms with E-state index in [1.807, 2.05) is 6.92 Å². The fourth-order valence-corrected chi connectivity index (χ4v) is 2.77. The normalized spacial score (nSPS) is 11.3. The van der Waals surface area contributed by atoms with E-state index in [9.17, 15) is 18.0 Å². The van der Waals surface area contributed by atoms with Gasteiger partial charge in [0.25, 0.3) is 5.91 Å². The third kappa shape index (κ3) is 3.82. The van der Waals surface area contributed by atoms with Crippen molar-refractivity contribution < 1.29 is 18.0 Å². The molecular formula is C16H14F3NOS. The SMILES string of the molecule is CCSc1ccccc1C(=O)Nc1ccccc1C(F)(F)F. The molecule has 116 valence electrons. The molecule has 0 fully saturated rings. The van der Waals surface area contributed by atoms with Crippen LogP contribution in [-0.4, -0.2) is 11.7 Å². The third-order valence-electron chi connectivity index (χ3n) is 2.91. The number of alkyl halides is 3. The fourth-order valence-electron chi connectivity index (χ4n) is 1.96. The van der Waals surface area contributed by atoms with Crippen molar-refractivity contribution in [3.8, 4) is 0 Å². The Morgan fingerprint density at radius 3 is 2.41 bits per heavy atom. The quantitative estimate of drug-likeness (QED) is 0.795. The Balaban J connectivity index is 2.31. The first kappa shape index (κ1) is 16.4. The summed E-state index contributed by atoms with van der Waals surface area (Å²) >= 11 is 1.47. The van der Waals surface area contributed by atoms with Gasteiger partial charge < -0.3 is 5.32 Å². The number of carbonyl (C=O) groups is 1. The van der Waals surface area contributed by atoms with E-state index in [1.165, 1.54) is 30.0 Å². The maximum absolute atomic E-state index is 12.9. The second-order valence-corrected chi connectivity index (χ2v) is 5.73. The highest BCUT2D eigenvalue weighted by molar-refractivity contribution is 7.99. The van der Waals surface area contributed by atoms with Crippen molar-refractivity contribution in [1.29, 1.82) is 0 Å². The van der Waals surface area contributed by atoms with E-state index in [0.29, 0.717) is 5.56 Å². The van der Waals surface area contributed by atoms with Gasteiger partial charge in [-0.3, -0.25) is 4.79 Å². The van der Waals surface area contributed by atoms with E-state index in [2.05, 4.69) is 5.32 Å². The van der Waals surface area contributed by atoms with Crippen LogP contribution >= 0.6 is 11.8 Å². The Morgan fingerprint density at radius 1 is 1.09 bits per heavy atom. The Hall–Kier alpha value is -1.95. The molecule has 0 aromatic heterocycles. The van der Waals surface area contributed by atoms with Gasteiger partial charge in [0.2, 0.25) is 0 Å². The Kier molecular flexibility index (Phi) is 5.13. The molecular weight excluding hydrogens is 311 g/mol. The number of hydrogen-bond acceptors (Lipinski definition) is 2. The molecule has 2 aromatic rings. The van der Waals surface area contributed by atoms with Gasteiger partial charge >= 0.3 is 6.18 Å². The zero-order valence-electron chi connectivity index (χ0n) is 11.8. The molecule has 6 heteroatoms. The zero-order chi connectivity index (χ0) is 16.2. The van der Waals surface area contributed by atoms with Crippen LogP contribution in [0.15, 0.2) is 53.4 Å². The van der Waals surface area contributed by atoms with Gasteiger partial charge in [-0.15, -0.1) is 11.8 Å². The summed E-state index contributed by atoms with van der Waals surface area (Å²) in [6.07, 6.45) is -4.51. The number of amides is 1. The minimum Gasteiger partial charge on any atom is -0.321 e. The van der Waals surface area contributed by atoms with E-state index >= 15 is 0 Å². The lowest BCUT2D eigenvalue weighted by molar-refractivity contribution is -0.136. The Labute approximate surface area is 130 Å². The lowest BCUT2D eigenvalue weighted by atomic mass is 10.1. The minimum atomic E-state index is -4.51. The highest BCUT2D eigenvalue weighted by atomic mass is 32.2. The van der Waals surface area contributed by atoms with Crippen molar-refractivity contribution in [1.82, 2.24) is 0 Å². The molecule has 0 spiro atoms. The smallest absolute Gasteiger partial charge is 0.321 e. The van der Waals surface area contributed by atoms with Crippen molar-refractivity contribution in [2.24, 2.45) is 0 Å². The van der Waals surface area contributed by atoms with Gasteiger partial charge in [-0.05, 0) is 30.0 Å². The van der Waals surface area contributed by atoms with Crippen LogP contribution in [0.25, 0.3) is 0 Å². The molecule has 0 radical (unpaired) electrons. The van der Waals surface area contributed by atoms with E-state index < -0.39 is 17.6 Å². The van der Waals surface area contributed by atoms with E-state index in [1.54, 1.807) is 24.3 Å². The van der Waals surface area contributed by atoms with Gasteiger partial charge in [-0.2, -0.15) is 13.2 Å². The van der Waals surface area contributed by atoms with Crippen LogP contribution in [-0.2, 0) is 6.18 Å². The van der Waals surface area contributed by atoms with Crippen LogP contribution in [0.3, 0.4) is 0 Å². The number of thioether (sulfide) groups is 1. The number of para-hydroxylation sites is 1. The van der Waals surface area contributed by atoms with E-state index in [0.717, 1.165) is 16.7 Å². The summed E-state index contributed by atoms with van der Waals surface area (Å²) in [6, 6.07) is 11.8. The molecule has 0 saturated heterocycles. The van der Waals surface area contributed by atoms with Gasteiger partial charge in [0.05, 0.1) is 16.8 Å². The summed E-state index contributed by atoms with van der Waals surface area (Å²) in [7, 11) is 0. The van der Waals surface area contributed by atoms with Gasteiger partial charge in [0.1, 0.15) is 0 Å². The standard InChI is InChI=1S/C16H14F3NOS/c1-2-22-14-10-6-3-7-11(14)15(21)20-13-9-5-4-8-12(13)16(17,18)19/h3-10H,2H2,1H3,(H,20,21). The largest absolute Gasteiger partial charge is 0.418 e. The Morgan fingerprint density at radius 2 is 1.73 bits per heavy atom. The lowest BCUT2D eigenvalue weighted by Crippen LogP contribution is -2.17. The minimum absolute atomic E-state index is 0.240. The number of hydrogen-bond donors (Lipinski definition) is 1. The summed E-state index contributed by atoms with van der Waals surface area (Å²) in [5.74, 6) is 0.219. The number of rotatable bonds is 4. The number of nitrogens with one attached hydrogen (secondary N) is 1. The zero-order valence-corrected chi connectivity index (χ0v) is 12.6. The number of carbonyl (C=O) groups excluding carboxylic acids is 1. The summed E-state index contributed by atoms with van der Waals surface area (Å²) in [4.78, 5) is 13.0. The van der Waals surface area contributed by atoms with Gasteiger partial charge in [-0.1, -0.05) is 31.2 Å². The second-order valence-electron chi connectivity index (χ2n) is 4.43. The molecule has 1 amide bonds. The first-order valence-electron chi connectivity index (χ1n) is 6.63. The highest BCUT2D eigenvalue weighted by Gasteiger charge is 2.33. The summed E-state index contributed by atoms with van der Waals surface area (Å²) in [6.45, 7) is 1.94. The first-order chi connectivity index (χ1) is 10.4. The highest BCUT2D eigenvalue weighted by Crippen LogP contribution is 2.35. The molecule has 0 saturated carbocycles. The van der Waals surface area contributed by atoms with Crippen molar-refractivity contribution >= 4 is 23.4 Å². The number of anilines is 1. The number of benzene rings is 2. The van der Waals surface area contributed by atoms with Crippen LogP contribution in [0.4, 0.5) is 18.9 Å². The summed E-state index contributed by atoms with van der Waals surface area (Å²) in [5.41, 5.74) is -0.730. The molecule has 0 bridgehead atoms. The van der Waals surface area contributed by atoms with Crippen molar-refractivity contribution in [3.05, 3.63) is 59.7 Å². The summed E-state index contributed by atoms with van der Waals surface area (Å²) in [5, 5.41) is 2.36. The number of halogens is 3. The van der Waals surface area contributed by atoms with Crippen molar-refractivity contribution in [2.45, 2.75) is 18.0 Å². The Bertz CT molecular complexity index is 670. The van der Waals surface area contributed by atoms with Crippen molar-refractivity contribution in [3.63, 3.8) is 0 Å². The predicted octanol–water partition coefficient (Wildman–Crippen LogP) is 5.07. The molecule has 0 unspecified atom stereocenters. The molecule has 22 heavy (non-hydrogen) atoms. The van der Waals surface area contributed by atoms with E-state index in [4.69, 9.17) is 0 Å². The average Bonchev–Trinajstić information content (AvgIpc) is 2.47. The molecule has 0 heterocycles. The van der Waals surface area contributed by atoms with Gasteiger partial charge in [-0.25, -0.2) is 0 Å². The van der Waals surface area contributed by atoms with Crippen LogP contribution in [0, 0.1) is 0 Å². The molecule has 0 aliphatic rings. The molecule has 2 aromatic carbocycles. The van der Waals surface area contributed by atoms with Crippen LogP contribution in [0.2, 0.25) is 0 Å². The topological polar surface area (TPSA) is 29.1 Å². The summed E-state index contributed by atoms with van der Waals surface area (Å²) < 4.78 is 38.8. The lowest BCUT2D eigenvalue weighted by Gasteiger charge is -2.14. The maximum atomic E-state index is 12.9. The van der Waals surface area contributed by atoms with Crippen molar-refractivity contribution in [2.75, 3.05) is 11.1 Å². The van der Waals surface area contributed by atoms with Gasteiger partial charge in [0, 0.05) is 4.90 Å².